The number of halogens is 2. The van der Waals surface area contributed by atoms with Gasteiger partial charge in [0.25, 0.3) is 0 Å². The highest BCUT2D eigenvalue weighted by Crippen LogP contribution is 2.40. The van der Waals surface area contributed by atoms with Crippen LogP contribution in [0.25, 0.3) is 11.3 Å². The Bertz CT molecular complexity index is 1370. The number of aryl methyl sites for hydroxylation is 2. The minimum absolute atomic E-state index is 0.0225. The highest BCUT2D eigenvalue weighted by Gasteiger charge is 2.28. The molecule has 9 nitrogen and oxygen atoms in total. The average Bonchev–Trinajstić information content (AvgIpc) is 2.83. The van der Waals surface area contributed by atoms with Gasteiger partial charge in [-0.3, -0.25) is 4.57 Å². The molecule has 2 aromatic carbocycles. The lowest BCUT2D eigenvalue weighted by molar-refractivity contribution is 0.248. The van der Waals surface area contributed by atoms with Crippen LogP contribution in [-0.2, 0) is 13.0 Å². The maximum absolute atomic E-state index is 15.1. The van der Waals surface area contributed by atoms with Crippen molar-refractivity contribution in [1.82, 2.24) is 14.9 Å². The van der Waals surface area contributed by atoms with Crippen molar-refractivity contribution in [2.24, 2.45) is 5.73 Å². The first kappa shape index (κ1) is 25.0. The second kappa shape index (κ2) is 9.84. The highest BCUT2D eigenvalue weighted by molar-refractivity contribution is 5.75. The number of ether oxygens (including phenoxy) is 2. The number of nitrogens with one attached hydrogen (secondary N) is 1. The fourth-order valence-corrected chi connectivity index (χ4v) is 4.48. The van der Waals surface area contributed by atoms with Crippen LogP contribution in [0.2, 0.25) is 0 Å². The zero-order valence-corrected chi connectivity index (χ0v) is 20.4. The predicted octanol–water partition coefficient (Wildman–Crippen LogP) is 3.27. The minimum Gasteiger partial charge on any atom is -0.493 e. The number of carbonyl (C=O) groups is 1. The summed E-state index contributed by atoms with van der Waals surface area (Å²) >= 11 is 0. The molecule has 1 aliphatic rings. The molecule has 3 N–H and O–H groups in total. The Morgan fingerprint density at radius 2 is 1.81 bits per heavy atom. The van der Waals surface area contributed by atoms with Gasteiger partial charge < -0.3 is 25.4 Å². The van der Waals surface area contributed by atoms with Gasteiger partial charge in [-0.2, -0.15) is 4.98 Å². The highest BCUT2D eigenvalue weighted by atomic mass is 19.1. The van der Waals surface area contributed by atoms with Crippen molar-refractivity contribution in [1.29, 1.82) is 0 Å². The van der Waals surface area contributed by atoms with Gasteiger partial charge in [0.1, 0.15) is 23.1 Å². The molecule has 0 spiro atoms. The van der Waals surface area contributed by atoms with Crippen LogP contribution in [-0.4, -0.2) is 42.4 Å². The molecule has 4 rings (SSSR count). The number of anilines is 2. The molecule has 1 aromatic heterocycles. The van der Waals surface area contributed by atoms with Gasteiger partial charge in [-0.15, -0.1) is 0 Å². The van der Waals surface area contributed by atoms with Gasteiger partial charge in [0.15, 0.2) is 11.5 Å². The lowest BCUT2D eigenvalue weighted by Crippen LogP contribution is -2.43. The number of hydrogen-bond donors (Lipinski definition) is 2. The molecule has 36 heavy (non-hydrogen) atoms. The van der Waals surface area contributed by atoms with E-state index < -0.39 is 29.4 Å². The van der Waals surface area contributed by atoms with Gasteiger partial charge in [-0.1, -0.05) is 0 Å². The molecule has 1 atom stereocenters. The largest absolute Gasteiger partial charge is 0.493 e. The Kier molecular flexibility index (Phi) is 6.82. The maximum Gasteiger partial charge on any atom is 0.350 e. The maximum atomic E-state index is 15.1. The van der Waals surface area contributed by atoms with Crippen molar-refractivity contribution in [2.45, 2.75) is 32.9 Å². The number of urea groups is 1. The van der Waals surface area contributed by atoms with E-state index in [1.807, 2.05) is 6.07 Å². The van der Waals surface area contributed by atoms with E-state index in [9.17, 15) is 9.59 Å². The van der Waals surface area contributed by atoms with Gasteiger partial charge in [-0.05, 0) is 55.7 Å². The first-order chi connectivity index (χ1) is 17.1. The van der Waals surface area contributed by atoms with Crippen molar-refractivity contribution in [3.05, 3.63) is 63.6 Å². The first-order valence-corrected chi connectivity index (χ1v) is 11.3. The lowest BCUT2D eigenvalue weighted by Gasteiger charge is -2.32. The average molecular weight is 500 g/mol. The quantitative estimate of drug-likeness (QED) is 0.516. The number of hydrogen-bond acceptors (Lipinski definition) is 6. The van der Waals surface area contributed by atoms with E-state index in [0.29, 0.717) is 41.3 Å². The van der Waals surface area contributed by atoms with Crippen molar-refractivity contribution in [2.75, 3.05) is 25.7 Å². The zero-order chi connectivity index (χ0) is 26.1. The molecule has 2 heterocycles. The van der Waals surface area contributed by atoms with E-state index in [1.165, 1.54) is 35.8 Å². The molecule has 0 aliphatic carbocycles. The van der Waals surface area contributed by atoms with Crippen molar-refractivity contribution < 1.29 is 23.0 Å². The molecule has 11 heteroatoms. The van der Waals surface area contributed by atoms with Gasteiger partial charge >= 0.3 is 11.7 Å². The minimum atomic E-state index is -0.829. The first-order valence-electron chi connectivity index (χ1n) is 11.3. The smallest absolute Gasteiger partial charge is 0.350 e. The number of nitrogens with two attached hydrogens (primary N) is 1. The van der Waals surface area contributed by atoms with Crippen LogP contribution < -0.4 is 31.1 Å². The number of benzene rings is 2. The third kappa shape index (κ3) is 4.56. The number of rotatable bonds is 7. The molecule has 2 amide bonds. The molecule has 0 bridgehead atoms. The van der Waals surface area contributed by atoms with E-state index in [4.69, 9.17) is 15.2 Å². The fourth-order valence-electron chi connectivity index (χ4n) is 4.48. The standard InChI is InChI=1S/C25H27F2N5O4/c1-13-7-17(26)23(18(27)8-13)32(14(2)12-29-24(28)33)22-11-19-16-10-21(36-4)20(35-3)9-15(16)5-6-31(19)25(34)30-22/h7-11,14H,5-6,12H2,1-4H3,(H3,28,29,33)/t14-/m1/s1. The summed E-state index contributed by atoms with van der Waals surface area (Å²) < 4.78 is 42.6. The Balaban J connectivity index is 1.93. The summed E-state index contributed by atoms with van der Waals surface area (Å²) in [6, 6.07) is 6.09. The third-order valence-electron chi connectivity index (χ3n) is 6.15. The summed E-state index contributed by atoms with van der Waals surface area (Å²) in [5, 5.41) is 2.45. The molecule has 0 radical (unpaired) electrons. The van der Waals surface area contributed by atoms with E-state index in [-0.39, 0.29) is 18.1 Å². The third-order valence-corrected chi connectivity index (χ3v) is 6.15. The van der Waals surface area contributed by atoms with Gasteiger partial charge in [0.2, 0.25) is 0 Å². The second-order valence-electron chi connectivity index (χ2n) is 8.59. The van der Waals surface area contributed by atoms with Gasteiger partial charge in [-0.25, -0.2) is 18.4 Å². The number of primary amides is 1. The topological polar surface area (TPSA) is 112 Å². The number of aromatic nitrogens is 2. The van der Waals surface area contributed by atoms with E-state index in [1.54, 1.807) is 26.0 Å². The van der Waals surface area contributed by atoms with Crippen LogP contribution in [0, 0.1) is 18.6 Å². The molecular formula is C25H27F2N5O4. The van der Waals surface area contributed by atoms with Crippen molar-refractivity contribution in [3.63, 3.8) is 0 Å². The Morgan fingerprint density at radius 3 is 2.42 bits per heavy atom. The molecule has 190 valence electrons. The van der Waals surface area contributed by atoms with E-state index in [2.05, 4.69) is 10.3 Å². The second-order valence-corrected chi connectivity index (χ2v) is 8.59. The van der Waals surface area contributed by atoms with Crippen LogP contribution in [0.3, 0.4) is 0 Å². The number of carbonyl (C=O) groups excluding carboxylic acids is 1. The molecular weight excluding hydrogens is 472 g/mol. The summed E-state index contributed by atoms with van der Waals surface area (Å²) in [5.74, 6) is -0.607. The summed E-state index contributed by atoms with van der Waals surface area (Å²) in [4.78, 5) is 29.9. The molecule has 0 saturated carbocycles. The van der Waals surface area contributed by atoms with Crippen LogP contribution in [0.1, 0.15) is 18.1 Å². The molecule has 1 aliphatic heterocycles. The molecule has 0 saturated heterocycles. The number of nitrogens with zero attached hydrogens (tertiary/aromatic N) is 3. The Morgan fingerprint density at radius 1 is 1.17 bits per heavy atom. The van der Waals surface area contributed by atoms with Crippen molar-refractivity contribution >= 4 is 17.5 Å². The van der Waals surface area contributed by atoms with Crippen LogP contribution in [0.15, 0.2) is 35.1 Å². The van der Waals surface area contributed by atoms with Crippen LogP contribution in [0.4, 0.5) is 25.1 Å². The number of amides is 2. The summed E-state index contributed by atoms with van der Waals surface area (Å²) in [6.07, 6.45) is 0.563. The summed E-state index contributed by atoms with van der Waals surface area (Å²) in [5.41, 5.74) is 6.79. The molecule has 0 fully saturated rings. The van der Waals surface area contributed by atoms with Crippen LogP contribution in [0.5, 0.6) is 11.5 Å². The monoisotopic (exact) mass is 499 g/mol. The number of fused-ring (bicyclic) bond motifs is 3. The number of methoxy groups -OCH3 is 2. The van der Waals surface area contributed by atoms with Crippen molar-refractivity contribution in [3.8, 4) is 22.8 Å². The predicted molar refractivity (Wildman–Crippen MR) is 131 cm³/mol. The molecule has 0 unspecified atom stereocenters. The zero-order valence-electron chi connectivity index (χ0n) is 20.4. The fraction of sp³-hybridized carbons (Fsp3) is 0.320. The van der Waals surface area contributed by atoms with Gasteiger partial charge in [0.05, 0.1) is 26.0 Å². The Hall–Kier alpha value is -4.15. The summed E-state index contributed by atoms with van der Waals surface area (Å²) in [7, 11) is 3.05. The lowest BCUT2D eigenvalue weighted by atomic mass is 9.96. The normalized spacial score (nSPS) is 12.8. The Labute approximate surface area is 206 Å². The SMILES string of the molecule is COc1cc2c(cc1OC)-c1cc(N(c3c(F)cc(C)cc3F)[C@H](C)CNC(N)=O)nc(=O)n1CC2. The molecule has 3 aromatic rings. The van der Waals surface area contributed by atoms with E-state index >= 15 is 8.78 Å². The van der Waals surface area contributed by atoms with Crippen LogP contribution >= 0.6 is 0 Å². The van der Waals surface area contributed by atoms with Gasteiger partial charge in [0, 0.05) is 24.7 Å². The van der Waals surface area contributed by atoms with E-state index in [0.717, 1.165) is 5.56 Å². The summed E-state index contributed by atoms with van der Waals surface area (Å²) in [6.45, 7) is 3.52.